The molecule has 0 spiro atoms. The molecule has 0 unspecified atom stereocenters. The number of hydrogen-bond acceptors (Lipinski definition) is 4. The summed E-state index contributed by atoms with van der Waals surface area (Å²) in [7, 11) is -4.07. The summed E-state index contributed by atoms with van der Waals surface area (Å²) in [5.41, 5.74) is 0.420. The van der Waals surface area contributed by atoms with Crippen LogP contribution >= 0.6 is 35.6 Å². The number of benzene rings is 2. The molecule has 2 aromatic rings. The largest absolute Gasteiger partial charge is 0.322 e. The Morgan fingerprint density at radius 2 is 1.62 bits per heavy atom. The maximum atomic E-state index is 14.6. The third-order valence-electron chi connectivity index (χ3n) is 6.35. The summed E-state index contributed by atoms with van der Waals surface area (Å²) in [4.78, 5) is 14.5. The molecule has 2 aliphatic rings. The van der Waals surface area contributed by atoms with Crippen molar-refractivity contribution in [3.05, 3.63) is 57.8 Å². The van der Waals surface area contributed by atoms with Crippen molar-refractivity contribution in [3.8, 4) is 0 Å². The second-order valence-electron chi connectivity index (χ2n) is 8.46. The molecule has 1 amide bonds. The lowest BCUT2D eigenvalue weighted by Crippen LogP contribution is -2.52. The van der Waals surface area contributed by atoms with Crippen LogP contribution in [-0.2, 0) is 10.0 Å². The molecule has 0 aromatic heterocycles. The number of anilines is 1. The topological polar surface area (TPSA) is 69.7 Å². The Balaban J connectivity index is 0.00000324. The lowest BCUT2D eigenvalue weighted by molar-refractivity contribution is 0.102. The van der Waals surface area contributed by atoms with Crippen LogP contribution in [0.25, 0.3) is 0 Å². The minimum absolute atomic E-state index is 0. The molecule has 1 saturated carbocycles. The lowest BCUT2D eigenvalue weighted by atomic mass is 9.94. The molecule has 1 aliphatic carbocycles. The molecule has 0 atom stereocenters. The van der Waals surface area contributed by atoms with E-state index in [-0.39, 0.29) is 23.0 Å². The van der Waals surface area contributed by atoms with Crippen molar-refractivity contribution in [3.63, 3.8) is 0 Å². The molecule has 0 bridgehead atoms. The van der Waals surface area contributed by atoms with Gasteiger partial charge >= 0.3 is 0 Å². The van der Waals surface area contributed by atoms with E-state index in [4.69, 9.17) is 23.2 Å². The molecule has 34 heavy (non-hydrogen) atoms. The van der Waals surface area contributed by atoms with Crippen LogP contribution in [0.1, 0.15) is 42.5 Å². The van der Waals surface area contributed by atoms with Gasteiger partial charge in [0.15, 0.2) is 0 Å². The fourth-order valence-electron chi connectivity index (χ4n) is 4.51. The van der Waals surface area contributed by atoms with Gasteiger partial charge in [0.05, 0.1) is 10.0 Å². The maximum absolute atomic E-state index is 14.6. The zero-order valence-electron chi connectivity index (χ0n) is 18.5. The van der Waals surface area contributed by atoms with E-state index in [1.807, 2.05) is 0 Å². The van der Waals surface area contributed by atoms with Crippen LogP contribution in [-0.4, -0.2) is 55.8 Å². The Morgan fingerprint density at radius 1 is 0.941 bits per heavy atom. The third-order valence-corrected chi connectivity index (χ3v) is 9.01. The summed E-state index contributed by atoms with van der Waals surface area (Å²) in [5, 5.41) is 3.24. The molecule has 1 N–H and O–H groups in total. The normalized spacial score (nSPS) is 18.3. The monoisotopic (exact) mass is 549 g/mol. The minimum atomic E-state index is -4.07. The number of amides is 1. The number of piperazine rings is 1. The molecule has 1 saturated heterocycles. The van der Waals surface area contributed by atoms with E-state index in [2.05, 4.69) is 10.2 Å². The number of nitrogens with one attached hydrogen (secondary N) is 1. The van der Waals surface area contributed by atoms with Crippen LogP contribution in [0.4, 0.5) is 10.1 Å². The van der Waals surface area contributed by atoms with Crippen molar-refractivity contribution < 1.29 is 17.6 Å². The maximum Gasteiger partial charge on any atom is 0.255 e. The number of carbonyl (C=O) groups excluding carboxylic acids is 1. The first kappa shape index (κ1) is 27.2. The number of carbonyl (C=O) groups is 1. The van der Waals surface area contributed by atoms with Crippen molar-refractivity contribution in [2.24, 2.45) is 0 Å². The van der Waals surface area contributed by atoms with Gasteiger partial charge in [0.1, 0.15) is 10.7 Å². The number of nitrogens with zero attached hydrogens (tertiary/aromatic N) is 2. The molecule has 186 valence electrons. The highest BCUT2D eigenvalue weighted by Gasteiger charge is 2.33. The second-order valence-corrected chi connectivity index (χ2v) is 11.2. The van der Waals surface area contributed by atoms with Crippen molar-refractivity contribution in [1.82, 2.24) is 9.21 Å². The van der Waals surface area contributed by atoms with Crippen molar-refractivity contribution >= 4 is 57.2 Å². The summed E-state index contributed by atoms with van der Waals surface area (Å²) >= 11 is 11.9. The van der Waals surface area contributed by atoms with Gasteiger partial charge in [-0.05, 0) is 49.2 Å². The molecular weight excluding hydrogens is 524 g/mol. The van der Waals surface area contributed by atoms with Crippen molar-refractivity contribution in [2.75, 3.05) is 31.5 Å². The summed E-state index contributed by atoms with van der Waals surface area (Å²) in [6.45, 7) is 1.86. The smallest absolute Gasteiger partial charge is 0.255 e. The van der Waals surface area contributed by atoms with Gasteiger partial charge in [0, 0.05) is 43.5 Å². The van der Waals surface area contributed by atoms with Gasteiger partial charge in [-0.3, -0.25) is 9.69 Å². The van der Waals surface area contributed by atoms with Crippen LogP contribution in [0.15, 0.2) is 41.3 Å². The van der Waals surface area contributed by atoms with Crippen LogP contribution in [0.2, 0.25) is 10.0 Å². The van der Waals surface area contributed by atoms with E-state index >= 15 is 0 Å². The van der Waals surface area contributed by atoms with E-state index in [9.17, 15) is 17.6 Å². The summed E-state index contributed by atoms with van der Waals surface area (Å²) < 4.78 is 42.3. The molecule has 4 rings (SSSR count). The van der Waals surface area contributed by atoms with Gasteiger partial charge < -0.3 is 5.32 Å². The first-order valence-corrected chi connectivity index (χ1v) is 13.3. The average molecular weight is 551 g/mol. The van der Waals surface area contributed by atoms with E-state index < -0.39 is 26.6 Å². The predicted octanol–water partition coefficient (Wildman–Crippen LogP) is 5.45. The Bertz CT molecular complexity index is 1140. The van der Waals surface area contributed by atoms with E-state index in [1.54, 1.807) is 6.07 Å². The van der Waals surface area contributed by atoms with Gasteiger partial charge in [-0.15, -0.1) is 12.4 Å². The second kappa shape index (κ2) is 11.5. The van der Waals surface area contributed by atoms with Crippen molar-refractivity contribution in [2.45, 2.75) is 43.0 Å². The number of halogens is 4. The number of rotatable bonds is 5. The van der Waals surface area contributed by atoms with Crippen LogP contribution in [0.3, 0.4) is 0 Å². The zero-order chi connectivity index (χ0) is 23.6. The summed E-state index contributed by atoms with van der Waals surface area (Å²) in [6, 6.07) is 8.44. The van der Waals surface area contributed by atoms with Crippen LogP contribution in [0, 0.1) is 5.82 Å². The number of hydrogen-bond donors (Lipinski definition) is 1. The molecule has 0 radical (unpaired) electrons. The average Bonchev–Trinajstić information content (AvgIpc) is 2.82. The highest BCUT2D eigenvalue weighted by molar-refractivity contribution is 7.89. The number of sulfonamides is 1. The van der Waals surface area contributed by atoms with E-state index in [1.165, 1.54) is 41.8 Å². The molecule has 1 heterocycles. The third kappa shape index (κ3) is 6.04. The first-order chi connectivity index (χ1) is 15.8. The van der Waals surface area contributed by atoms with E-state index in [0.29, 0.717) is 42.9 Å². The molecule has 2 fully saturated rings. The molecular formula is C23H27Cl3FN3O3S. The lowest BCUT2D eigenvalue weighted by Gasteiger charge is -2.40. The Labute approximate surface area is 215 Å². The Morgan fingerprint density at radius 3 is 2.26 bits per heavy atom. The van der Waals surface area contributed by atoms with Gasteiger partial charge in [0.25, 0.3) is 5.91 Å². The van der Waals surface area contributed by atoms with Gasteiger partial charge in [-0.1, -0.05) is 42.5 Å². The van der Waals surface area contributed by atoms with Crippen molar-refractivity contribution in [1.29, 1.82) is 0 Å². The fraction of sp³-hybridized carbons (Fsp3) is 0.435. The summed E-state index contributed by atoms with van der Waals surface area (Å²) in [6.07, 6.45) is 5.99. The Hall–Kier alpha value is -1.42. The minimum Gasteiger partial charge on any atom is -0.322 e. The van der Waals surface area contributed by atoms with E-state index in [0.717, 1.165) is 25.0 Å². The predicted molar refractivity (Wildman–Crippen MR) is 135 cm³/mol. The van der Waals surface area contributed by atoms with Gasteiger partial charge in [-0.25, -0.2) is 12.8 Å². The van der Waals surface area contributed by atoms with Crippen LogP contribution in [0.5, 0.6) is 0 Å². The SMILES string of the molecule is Cl.O=C(Nc1ccc(Cl)c(Cl)c1)c1ccc(F)c(S(=O)(=O)N2CCN(C3CCCCC3)CC2)c1. The first-order valence-electron chi connectivity index (χ1n) is 11.1. The standard InChI is InChI=1S/C23H26Cl2FN3O3S.ClH/c24-19-8-7-17(15-20(19)25)27-23(30)16-6-9-21(26)22(14-16)33(31,32)29-12-10-28(11-13-29)18-4-2-1-3-5-18;/h6-9,14-15,18H,1-5,10-13H2,(H,27,30);1H. The molecule has 6 nitrogen and oxygen atoms in total. The molecule has 2 aromatic carbocycles. The highest BCUT2D eigenvalue weighted by atomic mass is 35.5. The Kier molecular flexibility index (Phi) is 9.23. The van der Waals surface area contributed by atoms with Crippen LogP contribution < -0.4 is 5.32 Å². The summed E-state index contributed by atoms with van der Waals surface area (Å²) in [5.74, 6) is -1.46. The van der Waals surface area contributed by atoms with Gasteiger partial charge in [-0.2, -0.15) is 4.31 Å². The quantitative estimate of drug-likeness (QED) is 0.538. The molecule has 11 heteroatoms. The fourth-order valence-corrected chi connectivity index (χ4v) is 6.32. The zero-order valence-corrected chi connectivity index (χ0v) is 21.6. The molecule has 1 aliphatic heterocycles. The highest BCUT2D eigenvalue weighted by Crippen LogP contribution is 2.28. The van der Waals surface area contributed by atoms with Gasteiger partial charge in [0.2, 0.25) is 10.0 Å².